The van der Waals surface area contributed by atoms with Gasteiger partial charge in [0.15, 0.2) is 0 Å². The van der Waals surface area contributed by atoms with Crippen LogP contribution in [0.2, 0.25) is 0 Å². The number of hydrogen-bond donors (Lipinski definition) is 1. The number of nitro groups is 1. The summed E-state index contributed by atoms with van der Waals surface area (Å²) in [5, 5.41) is 13.9. The van der Waals surface area contributed by atoms with Crippen molar-refractivity contribution in [1.29, 1.82) is 0 Å². The number of nitro benzene ring substituents is 1. The van der Waals surface area contributed by atoms with Crippen LogP contribution in [0.5, 0.6) is 0 Å². The van der Waals surface area contributed by atoms with Gasteiger partial charge in [0.2, 0.25) is 0 Å². The highest BCUT2D eigenvalue weighted by Gasteiger charge is 2.09. The molecule has 6 nitrogen and oxygen atoms in total. The van der Waals surface area contributed by atoms with Gasteiger partial charge < -0.3 is 5.32 Å². The average molecular weight is 425 g/mol. The van der Waals surface area contributed by atoms with Crippen molar-refractivity contribution in [2.45, 2.75) is 38.1 Å². The molecule has 0 aromatic heterocycles. The number of halogens is 1. The van der Waals surface area contributed by atoms with Crippen LogP contribution in [-0.4, -0.2) is 26.4 Å². The zero-order valence-electron chi connectivity index (χ0n) is 16.3. The highest BCUT2D eigenvalue weighted by atomic mass is 35.7. The standard InChI is InChI=1S/C13H18N2O2.C7H7ClO2S/c1-10-7-8-12(9-13(10)15(16)17)6-4-5-11(2)14-3;1-6-2-4-7(5-3-6)11(8,9)10/h4,6-9,11,14H,5H2,1-3H3;2-5H,1H3/b6-4+;. The molecule has 0 radical (unpaired) electrons. The fourth-order valence-corrected chi connectivity index (χ4v) is 2.92. The predicted molar refractivity (Wildman–Crippen MR) is 114 cm³/mol. The summed E-state index contributed by atoms with van der Waals surface area (Å²) in [6.07, 6.45) is 4.84. The summed E-state index contributed by atoms with van der Waals surface area (Å²) in [4.78, 5) is 10.6. The van der Waals surface area contributed by atoms with Gasteiger partial charge in [0.1, 0.15) is 0 Å². The number of rotatable bonds is 6. The molecule has 1 atom stereocenters. The number of benzene rings is 2. The van der Waals surface area contributed by atoms with Crippen LogP contribution in [0.1, 0.15) is 30.0 Å². The molecule has 2 aromatic carbocycles. The molecule has 0 heterocycles. The molecule has 8 heteroatoms. The lowest BCUT2D eigenvalue weighted by Crippen LogP contribution is -2.19. The van der Waals surface area contributed by atoms with Gasteiger partial charge in [0.05, 0.1) is 9.82 Å². The highest BCUT2D eigenvalue weighted by Crippen LogP contribution is 2.20. The van der Waals surface area contributed by atoms with E-state index < -0.39 is 9.05 Å². The molecule has 0 aliphatic heterocycles. The van der Waals surface area contributed by atoms with Crippen LogP contribution in [0.4, 0.5) is 5.69 Å². The van der Waals surface area contributed by atoms with Crippen LogP contribution >= 0.6 is 10.7 Å². The first-order chi connectivity index (χ1) is 13.0. The van der Waals surface area contributed by atoms with E-state index >= 15 is 0 Å². The molecule has 0 saturated carbocycles. The Labute approximate surface area is 170 Å². The summed E-state index contributed by atoms with van der Waals surface area (Å²) in [7, 11) is 3.45. The molecular formula is C20H25ClN2O4S. The second-order valence-corrected chi connectivity index (χ2v) is 8.95. The molecule has 0 fully saturated rings. The fraction of sp³-hybridized carbons (Fsp3) is 0.300. The Bertz CT molecular complexity index is 926. The summed E-state index contributed by atoms with van der Waals surface area (Å²) in [6.45, 7) is 5.71. The second kappa shape index (κ2) is 10.9. The van der Waals surface area contributed by atoms with Crippen LogP contribution in [0.3, 0.4) is 0 Å². The fourth-order valence-electron chi connectivity index (χ4n) is 2.15. The van der Waals surface area contributed by atoms with E-state index in [4.69, 9.17) is 10.7 Å². The van der Waals surface area contributed by atoms with Gasteiger partial charge in [0.25, 0.3) is 14.7 Å². The number of nitrogens with zero attached hydrogens (tertiary/aromatic N) is 1. The van der Waals surface area contributed by atoms with Gasteiger partial charge in [-0.25, -0.2) is 8.42 Å². The number of nitrogens with one attached hydrogen (secondary N) is 1. The highest BCUT2D eigenvalue weighted by molar-refractivity contribution is 8.13. The first-order valence-electron chi connectivity index (χ1n) is 8.64. The monoisotopic (exact) mass is 424 g/mol. The van der Waals surface area contributed by atoms with E-state index in [1.165, 1.54) is 12.1 Å². The Morgan fingerprint density at radius 3 is 2.29 bits per heavy atom. The molecule has 152 valence electrons. The van der Waals surface area contributed by atoms with E-state index in [9.17, 15) is 18.5 Å². The molecule has 0 amide bonds. The maximum absolute atomic E-state index is 10.8. The maximum Gasteiger partial charge on any atom is 0.272 e. The largest absolute Gasteiger partial charge is 0.317 e. The third-order valence-corrected chi connectivity index (χ3v) is 5.39. The van der Waals surface area contributed by atoms with E-state index in [0.29, 0.717) is 11.6 Å². The predicted octanol–water partition coefficient (Wildman–Crippen LogP) is 4.84. The molecule has 2 aromatic rings. The molecule has 0 saturated heterocycles. The summed E-state index contributed by atoms with van der Waals surface area (Å²) >= 11 is 0. The van der Waals surface area contributed by atoms with E-state index in [-0.39, 0.29) is 15.5 Å². The van der Waals surface area contributed by atoms with Crippen molar-refractivity contribution in [1.82, 2.24) is 5.32 Å². The summed E-state index contributed by atoms with van der Waals surface area (Å²) in [5.41, 5.74) is 2.74. The SMILES string of the molecule is CNC(C)C/C=C/c1ccc(C)c([N+](=O)[O-])c1.Cc1ccc(S(=O)(=O)Cl)cc1. The Morgan fingerprint density at radius 2 is 1.79 bits per heavy atom. The van der Waals surface area contributed by atoms with Crippen molar-refractivity contribution >= 4 is 31.5 Å². The molecule has 28 heavy (non-hydrogen) atoms. The average Bonchev–Trinajstić information content (AvgIpc) is 2.62. The molecule has 2 rings (SSSR count). The first kappa shape index (κ1) is 23.8. The summed E-state index contributed by atoms with van der Waals surface area (Å²) in [5.74, 6) is 0. The van der Waals surface area contributed by atoms with Crippen LogP contribution in [-0.2, 0) is 9.05 Å². The summed E-state index contributed by atoms with van der Waals surface area (Å²) < 4.78 is 21.4. The van der Waals surface area contributed by atoms with E-state index in [1.807, 2.05) is 32.2 Å². The zero-order valence-corrected chi connectivity index (χ0v) is 17.9. The van der Waals surface area contributed by atoms with Gasteiger partial charge in [-0.15, -0.1) is 0 Å². The van der Waals surface area contributed by atoms with Crippen molar-refractivity contribution in [3.63, 3.8) is 0 Å². The third kappa shape index (κ3) is 8.21. The lowest BCUT2D eigenvalue weighted by molar-refractivity contribution is -0.385. The summed E-state index contributed by atoms with van der Waals surface area (Å²) in [6, 6.07) is 12.1. The molecule has 0 aliphatic rings. The van der Waals surface area contributed by atoms with Crippen molar-refractivity contribution in [3.05, 3.63) is 75.3 Å². The lowest BCUT2D eigenvalue weighted by atomic mass is 10.1. The van der Waals surface area contributed by atoms with Crippen LogP contribution in [0, 0.1) is 24.0 Å². The minimum atomic E-state index is -3.55. The van der Waals surface area contributed by atoms with Crippen molar-refractivity contribution in [2.75, 3.05) is 7.05 Å². The third-order valence-electron chi connectivity index (χ3n) is 4.03. The van der Waals surface area contributed by atoms with E-state index in [0.717, 1.165) is 17.5 Å². The molecule has 0 bridgehead atoms. The lowest BCUT2D eigenvalue weighted by Gasteiger charge is -2.05. The molecule has 1 N–H and O–H groups in total. The molecule has 1 unspecified atom stereocenters. The van der Waals surface area contributed by atoms with Gasteiger partial charge >= 0.3 is 0 Å². The molecule has 0 aliphatic carbocycles. The van der Waals surface area contributed by atoms with Crippen LogP contribution in [0.25, 0.3) is 6.08 Å². The molecular weight excluding hydrogens is 400 g/mol. The first-order valence-corrected chi connectivity index (χ1v) is 11.0. The molecule has 0 spiro atoms. The Kier molecular flexibility index (Phi) is 9.31. The van der Waals surface area contributed by atoms with Gasteiger partial charge in [0, 0.05) is 28.4 Å². The van der Waals surface area contributed by atoms with Crippen molar-refractivity contribution in [3.8, 4) is 0 Å². The Morgan fingerprint density at radius 1 is 1.18 bits per heavy atom. The normalized spacial score (nSPS) is 12.3. The number of aryl methyl sites for hydroxylation is 2. The minimum absolute atomic E-state index is 0.143. The van der Waals surface area contributed by atoms with E-state index in [2.05, 4.69) is 12.2 Å². The van der Waals surface area contributed by atoms with Gasteiger partial charge in [-0.05, 0) is 51.9 Å². The van der Waals surface area contributed by atoms with Crippen molar-refractivity contribution < 1.29 is 13.3 Å². The topological polar surface area (TPSA) is 89.3 Å². The van der Waals surface area contributed by atoms with Crippen molar-refractivity contribution in [2.24, 2.45) is 0 Å². The number of hydrogen-bond acceptors (Lipinski definition) is 5. The maximum atomic E-state index is 10.8. The minimum Gasteiger partial charge on any atom is -0.317 e. The second-order valence-electron chi connectivity index (χ2n) is 6.38. The van der Waals surface area contributed by atoms with Crippen LogP contribution < -0.4 is 5.32 Å². The smallest absolute Gasteiger partial charge is 0.272 e. The zero-order chi connectivity index (χ0) is 21.3. The van der Waals surface area contributed by atoms with Crippen LogP contribution in [0.15, 0.2) is 53.4 Å². The quantitative estimate of drug-likeness (QED) is 0.407. The van der Waals surface area contributed by atoms with Gasteiger partial charge in [-0.3, -0.25) is 10.1 Å². The van der Waals surface area contributed by atoms with Gasteiger partial charge in [-0.2, -0.15) is 0 Å². The van der Waals surface area contributed by atoms with E-state index in [1.54, 1.807) is 31.2 Å². The Balaban J connectivity index is 0.000000307. The van der Waals surface area contributed by atoms with Gasteiger partial charge in [-0.1, -0.05) is 42.0 Å². The Hall–Kier alpha value is -2.22.